The van der Waals surface area contributed by atoms with Gasteiger partial charge in [-0.25, -0.2) is 4.79 Å². The van der Waals surface area contributed by atoms with Crippen LogP contribution >= 0.6 is 0 Å². The first-order valence-corrected chi connectivity index (χ1v) is 7.52. The van der Waals surface area contributed by atoms with E-state index in [9.17, 15) is 15.0 Å². The molecule has 5 nitrogen and oxygen atoms in total. The second kappa shape index (κ2) is 5.40. The fraction of sp³-hybridized carbons (Fsp3) is 0.562. The van der Waals surface area contributed by atoms with Gasteiger partial charge in [-0.05, 0) is 43.3 Å². The predicted molar refractivity (Wildman–Crippen MR) is 78.6 cm³/mol. The molecule has 5 heteroatoms. The summed E-state index contributed by atoms with van der Waals surface area (Å²) in [5, 5.41) is 20.5. The summed E-state index contributed by atoms with van der Waals surface area (Å²) in [7, 11) is 0. The van der Waals surface area contributed by atoms with Crippen molar-refractivity contribution in [1.82, 2.24) is 4.90 Å². The number of fused-ring (bicyclic) bond motifs is 3. The standard InChI is InChI=1S/C16H22N2O3/c17-14(13-10-18-8-6-11(13)7-9-18)16(21,15(19)20)12-4-2-1-3-5-12/h1-5,11,13-14,21H,6-10,17H2,(H,19,20)/t13-,14?,16?/m0/s1. The summed E-state index contributed by atoms with van der Waals surface area (Å²) in [6, 6.07) is 7.72. The van der Waals surface area contributed by atoms with Gasteiger partial charge in [-0.2, -0.15) is 0 Å². The van der Waals surface area contributed by atoms with Crippen LogP contribution in [-0.2, 0) is 10.4 Å². The molecule has 1 aromatic carbocycles. The Balaban J connectivity index is 1.92. The third kappa shape index (κ3) is 2.35. The number of hydrogen-bond acceptors (Lipinski definition) is 4. The van der Waals surface area contributed by atoms with Crippen LogP contribution in [0.15, 0.2) is 30.3 Å². The Kier molecular flexibility index (Phi) is 3.73. The van der Waals surface area contributed by atoms with E-state index in [4.69, 9.17) is 5.73 Å². The first-order chi connectivity index (χ1) is 10.0. The first kappa shape index (κ1) is 14.5. The number of rotatable bonds is 4. The molecule has 3 saturated heterocycles. The van der Waals surface area contributed by atoms with Crippen LogP contribution in [0.2, 0.25) is 0 Å². The van der Waals surface area contributed by atoms with Crippen molar-refractivity contribution < 1.29 is 15.0 Å². The summed E-state index contributed by atoms with van der Waals surface area (Å²) < 4.78 is 0. The molecule has 2 bridgehead atoms. The van der Waals surface area contributed by atoms with Gasteiger partial charge in [0.1, 0.15) is 0 Å². The second-order valence-electron chi connectivity index (χ2n) is 6.27. The summed E-state index contributed by atoms with van der Waals surface area (Å²) >= 11 is 0. The van der Waals surface area contributed by atoms with Crippen molar-refractivity contribution in [2.75, 3.05) is 19.6 Å². The quantitative estimate of drug-likeness (QED) is 0.757. The van der Waals surface area contributed by atoms with E-state index in [1.807, 2.05) is 0 Å². The van der Waals surface area contributed by atoms with Gasteiger partial charge in [-0.1, -0.05) is 30.3 Å². The predicted octanol–water partition coefficient (Wildman–Crippen LogP) is 0.628. The van der Waals surface area contributed by atoms with Crippen LogP contribution in [0.1, 0.15) is 18.4 Å². The Morgan fingerprint density at radius 3 is 2.38 bits per heavy atom. The molecule has 3 fully saturated rings. The molecule has 3 aliphatic rings. The molecule has 0 saturated carbocycles. The molecule has 0 radical (unpaired) electrons. The van der Waals surface area contributed by atoms with Crippen molar-refractivity contribution in [2.24, 2.45) is 17.6 Å². The Morgan fingerprint density at radius 2 is 1.90 bits per heavy atom. The van der Waals surface area contributed by atoms with Crippen LogP contribution in [0.5, 0.6) is 0 Å². The fourth-order valence-electron chi connectivity index (χ4n) is 3.88. The van der Waals surface area contributed by atoms with Gasteiger partial charge in [0, 0.05) is 6.54 Å². The number of carboxylic acid groups (broad SMARTS) is 1. The lowest BCUT2D eigenvalue weighted by molar-refractivity contribution is -0.166. The molecule has 21 heavy (non-hydrogen) atoms. The maximum Gasteiger partial charge on any atom is 0.342 e. The zero-order valence-electron chi connectivity index (χ0n) is 12.0. The van der Waals surface area contributed by atoms with Crippen molar-refractivity contribution in [3.8, 4) is 0 Å². The van der Waals surface area contributed by atoms with E-state index in [0.29, 0.717) is 11.5 Å². The van der Waals surface area contributed by atoms with Gasteiger partial charge < -0.3 is 20.8 Å². The molecule has 114 valence electrons. The molecule has 3 aliphatic heterocycles. The second-order valence-corrected chi connectivity index (χ2v) is 6.27. The first-order valence-electron chi connectivity index (χ1n) is 7.52. The van der Waals surface area contributed by atoms with Crippen LogP contribution in [0.25, 0.3) is 0 Å². The topological polar surface area (TPSA) is 86.8 Å². The average Bonchev–Trinajstić information content (AvgIpc) is 2.55. The molecule has 3 atom stereocenters. The van der Waals surface area contributed by atoms with Gasteiger partial charge in [-0.15, -0.1) is 0 Å². The summed E-state index contributed by atoms with van der Waals surface area (Å²) in [4.78, 5) is 14.1. The summed E-state index contributed by atoms with van der Waals surface area (Å²) in [5.41, 5.74) is 4.63. The maximum absolute atomic E-state index is 11.8. The number of benzene rings is 1. The van der Waals surface area contributed by atoms with Gasteiger partial charge in [0.2, 0.25) is 5.60 Å². The minimum atomic E-state index is -2.02. The van der Waals surface area contributed by atoms with Crippen LogP contribution in [-0.4, -0.2) is 46.8 Å². The normalized spacial score (nSPS) is 32.4. The van der Waals surface area contributed by atoms with Crippen molar-refractivity contribution in [1.29, 1.82) is 0 Å². The van der Waals surface area contributed by atoms with E-state index in [0.717, 1.165) is 32.5 Å². The molecule has 3 heterocycles. The Morgan fingerprint density at radius 1 is 1.29 bits per heavy atom. The van der Waals surface area contributed by atoms with Crippen molar-refractivity contribution in [3.05, 3.63) is 35.9 Å². The minimum absolute atomic E-state index is 0.0220. The third-order valence-corrected chi connectivity index (χ3v) is 5.19. The molecule has 4 N–H and O–H groups in total. The highest BCUT2D eigenvalue weighted by Crippen LogP contribution is 2.39. The average molecular weight is 290 g/mol. The van der Waals surface area contributed by atoms with Gasteiger partial charge in [0.15, 0.2) is 0 Å². The van der Waals surface area contributed by atoms with E-state index < -0.39 is 17.6 Å². The molecule has 2 unspecified atom stereocenters. The summed E-state index contributed by atoms with van der Waals surface area (Å²) in [6.45, 7) is 2.91. The number of carbonyl (C=O) groups is 1. The van der Waals surface area contributed by atoms with Crippen LogP contribution in [0.3, 0.4) is 0 Å². The molecular weight excluding hydrogens is 268 g/mol. The van der Waals surface area contributed by atoms with Gasteiger partial charge in [0.25, 0.3) is 0 Å². The van der Waals surface area contributed by atoms with E-state index in [-0.39, 0.29) is 5.92 Å². The summed E-state index contributed by atoms with van der Waals surface area (Å²) in [6.07, 6.45) is 2.09. The van der Waals surface area contributed by atoms with Crippen molar-refractivity contribution in [3.63, 3.8) is 0 Å². The number of carboxylic acids is 1. The van der Waals surface area contributed by atoms with E-state index in [1.54, 1.807) is 30.3 Å². The van der Waals surface area contributed by atoms with Crippen LogP contribution in [0.4, 0.5) is 0 Å². The van der Waals surface area contributed by atoms with E-state index >= 15 is 0 Å². The van der Waals surface area contributed by atoms with Gasteiger partial charge in [0.05, 0.1) is 6.04 Å². The highest BCUT2D eigenvalue weighted by atomic mass is 16.4. The highest BCUT2D eigenvalue weighted by Gasteiger charge is 2.51. The summed E-state index contributed by atoms with van der Waals surface area (Å²) in [5.74, 6) is -0.828. The number of aliphatic carboxylic acids is 1. The molecule has 0 aliphatic carbocycles. The van der Waals surface area contributed by atoms with Crippen LogP contribution < -0.4 is 5.73 Å². The minimum Gasteiger partial charge on any atom is -0.479 e. The van der Waals surface area contributed by atoms with Gasteiger partial charge >= 0.3 is 5.97 Å². The number of nitrogens with zero attached hydrogens (tertiary/aromatic N) is 1. The lowest BCUT2D eigenvalue weighted by atomic mass is 9.69. The lowest BCUT2D eigenvalue weighted by Crippen LogP contribution is -2.62. The zero-order valence-corrected chi connectivity index (χ0v) is 12.0. The molecule has 0 amide bonds. The molecule has 0 spiro atoms. The number of hydrogen-bond donors (Lipinski definition) is 3. The number of aliphatic hydroxyl groups is 1. The molecule has 4 rings (SSSR count). The van der Waals surface area contributed by atoms with Crippen LogP contribution in [0, 0.1) is 11.8 Å². The Labute approximate surface area is 124 Å². The third-order valence-electron chi connectivity index (χ3n) is 5.19. The van der Waals surface area contributed by atoms with Gasteiger partial charge in [-0.3, -0.25) is 0 Å². The molecular formula is C16H22N2O3. The molecule has 1 aromatic rings. The largest absolute Gasteiger partial charge is 0.479 e. The van der Waals surface area contributed by atoms with Crippen molar-refractivity contribution >= 4 is 5.97 Å². The van der Waals surface area contributed by atoms with E-state index in [2.05, 4.69) is 4.90 Å². The molecule has 0 aromatic heterocycles. The maximum atomic E-state index is 11.8. The SMILES string of the molecule is NC([C@H]1CN2CCC1CC2)C(O)(C(=O)O)c1ccccc1. The monoisotopic (exact) mass is 290 g/mol. The highest BCUT2D eigenvalue weighted by molar-refractivity contribution is 5.80. The fourth-order valence-corrected chi connectivity index (χ4v) is 3.88. The van der Waals surface area contributed by atoms with Crippen molar-refractivity contribution in [2.45, 2.75) is 24.5 Å². The lowest BCUT2D eigenvalue weighted by Gasteiger charge is -2.49. The number of nitrogens with two attached hydrogens (primary N) is 1. The smallest absolute Gasteiger partial charge is 0.342 e. The Bertz CT molecular complexity index is 514. The van der Waals surface area contributed by atoms with E-state index in [1.165, 1.54) is 0 Å². The zero-order chi connectivity index (χ0) is 15.0. The number of piperidine rings is 3. The Hall–Kier alpha value is -1.43.